The lowest BCUT2D eigenvalue weighted by Crippen LogP contribution is -1.92. The quantitative estimate of drug-likeness (QED) is 0.659. The molecule has 3 rings (SSSR count). The highest BCUT2D eigenvalue weighted by Gasteiger charge is 2.03. The Hall–Kier alpha value is -1.61. The summed E-state index contributed by atoms with van der Waals surface area (Å²) in [6, 6.07) is 14.3. The topological polar surface area (TPSA) is 17.8 Å². The van der Waals surface area contributed by atoms with Crippen LogP contribution in [0.4, 0.5) is 0 Å². The van der Waals surface area contributed by atoms with Crippen molar-refractivity contribution in [3.05, 3.63) is 59.3 Å². The van der Waals surface area contributed by atoms with E-state index in [1.165, 1.54) is 0 Å². The highest BCUT2D eigenvalue weighted by Crippen LogP contribution is 2.20. The third kappa shape index (κ3) is 1.53. The van der Waals surface area contributed by atoms with Gasteiger partial charge in [0.05, 0.1) is 0 Å². The van der Waals surface area contributed by atoms with E-state index in [9.17, 15) is 0 Å². The normalized spacial score (nSPS) is 10.8. The minimum Gasteiger partial charge on any atom is -0.301 e. The molecule has 16 heavy (non-hydrogen) atoms. The van der Waals surface area contributed by atoms with Gasteiger partial charge in [-0.25, -0.2) is 4.98 Å². The van der Waals surface area contributed by atoms with Gasteiger partial charge in [0.2, 0.25) is 0 Å². The lowest BCUT2D eigenvalue weighted by atomic mass is 10.3. The van der Waals surface area contributed by atoms with E-state index in [2.05, 4.69) is 49.7 Å². The molecule has 1 aromatic carbocycles. The van der Waals surface area contributed by atoms with Gasteiger partial charge in [-0.05, 0) is 36.4 Å². The van der Waals surface area contributed by atoms with Gasteiger partial charge in [0.15, 0.2) is 0 Å². The summed E-state index contributed by atoms with van der Waals surface area (Å²) in [5.74, 6) is 0. The molecule has 0 atom stereocenters. The van der Waals surface area contributed by atoms with Gasteiger partial charge in [0.1, 0.15) is 5.65 Å². The molecule has 0 aliphatic carbocycles. The molecule has 0 aliphatic rings. The Labute approximate surface area is 102 Å². The van der Waals surface area contributed by atoms with Crippen molar-refractivity contribution in [2.45, 2.75) is 0 Å². The third-order valence-corrected chi connectivity index (χ3v) is 3.03. The van der Waals surface area contributed by atoms with Crippen LogP contribution in [-0.2, 0) is 0 Å². The van der Waals surface area contributed by atoms with Crippen molar-refractivity contribution >= 4 is 27.0 Å². The molecule has 0 unspecified atom stereocenters. The summed E-state index contributed by atoms with van der Waals surface area (Å²) < 4.78 is 3.16. The maximum absolute atomic E-state index is 4.39. The van der Waals surface area contributed by atoms with Crippen molar-refractivity contribution in [1.29, 1.82) is 0 Å². The Balaban J connectivity index is 2.26. The van der Waals surface area contributed by atoms with E-state index in [-0.39, 0.29) is 0 Å². The van der Waals surface area contributed by atoms with E-state index in [1.54, 1.807) is 0 Å². The van der Waals surface area contributed by atoms with E-state index in [1.807, 2.05) is 30.6 Å². The summed E-state index contributed by atoms with van der Waals surface area (Å²) in [6.07, 6.45) is 3.86. The molecule has 78 valence electrons. The maximum atomic E-state index is 4.39. The average molecular weight is 273 g/mol. The van der Waals surface area contributed by atoms with E-state index in [0.29, 0.717) is 0 Å². The second kappa shape index (κ2) is 3.76. The van der Waals surface area contributed by atoms with Crippen LogP contribution in [0.15, 0.2) is 59.3 Å². The molecule has 0 amide bonds. The third-order valence-electron chi connectivity index (χ3n) is 2.53. The minimum atomic E-state index is 0.987. The van der Waals surface area contributed by atoms with Crippen molar-refractivity contribution in [2.24, 2.45) is 0 Å². The van der Waals surface area contributed by atoms with Gasteiger partial charge in [0, 0.05) is 27.9 Å². The van der Waals surface area contributed by atoms with E-state index >= 15 is 0 Å². The number of pyridine rings is 1. The fourth-order valence-corrected chi connectivity index (χ4v) is 2.19. The van der Waals surface area contributed by atoms with Crippen molar-refractivity contribution in [3.63, 3.8) is 0 Å². The van der Waals surface area contributed by atoms with Gasteiger partial charge in [0.25, 0.3) is 0 Å². The molecule has 0 fully saturated rings. The van der Waals surface area contributed by atoms with Crippen LogP contribution in [-0.4, -0.2) is 9.55 Å². The Morgan fingerprint density at radius 1 is 1.06 bits per heavy atom. The molecule has 3 aromatic rings. The van der Waals surface area contributed by atoms with Gasteiger partial charge in [-0.2, -0.15) is 0 Å². The van der Waals surface area contributed by atoms with Crippen LogP contribution in [0.3, 0.4) is 0 Å². The van der Waals surface area contributed by atoms with Gasteiger partial charge in [-0.1, -0.05) is 22.0 Å². The predicted octanol–water partition coefficient (Wildman–Crippen LogP) is 3.79. The molecule has 3 heteroatoms. The monoisotopic (exact) mass is 272 g/mol. The van der Waals surface area contributed by atoms with Crippen LogP contribution in [0, 0.1) is 0 Å². The number of aromatic nitrogens is 2. The van der Waals surface area contributed by atoms with Crippen LogP contribution in [0.25, 0.3) is 16.7 Å². The Bertz CT molecular complexity index is 643. The number of nitrogens with zero attached hydrogens (tertiary/aromatic N) is 2. The SMILES string of the molecule is Brc1cccc(-n2ccc3cccnc32)c1. The fraction of sp³-hybridized carbons (Fsp3) is 0. The van der Waals surface area contributed by atoms with Crippen LogP contribution in [0.1, 0.15) is 0 Å². The Morgan fingerprint density at radius 2 is 2.00 bits per heavy atom. The predicted molar refractivity (Wildman–Crippen MR) is 68.8 cm³/mol. The molecule has 0 saturated carbocycles. The summed E-state index contributed by atoms with van der Waals surface area (Å²) in [5.41, 5.74) is 2.10. The highest BCUT2D eigenvalue weighted by molar-refractivity contribution is 9.10. The lowest BCUT2D eigenvalue weighted by Gasteiger charge is -2.04. The van der Waals surface area contributed by atoms with Crippen molar-refractivity contribution in [1.82, 2.24) is 9.55 Å². The molecule has 2 heterocycles. The average Bonchev–Trinajstić information content (AvgIpc) is 2.72. The highest BCUT2D eigenvalue weighted by atomic mass is 79.9. The summed E-state index contributed by atoms with van der Waals surface area (Å²) >= 11 is 3.48. The standard InChI is InChI=1S/C13H9BrN2/c14-11-4-1-5-12(9-11)16-8-6-10-3-2-7-15-13(10)16/h1-9H. The number of rotatable bonds is 1. The lowest BCUT2D eigenvalue weighted by molar-refractivity contribution is 1.09. The molecule has 0 spiro atoms. The first-order chi connectivity index (χ1) is 7.84. The minimum absolute atomic E-state index is 0.987. The van der Waals surface area contributed by atoms with Crippen molar-refractivity contribution in [2.75, 3.05) is 0 Å². The molecule has 0 bridgehead atoms. The largest absolute Gasteiger partial charge is 0.301 e. The van der Waals surface area contributed by atoms with Gasteiger partial charge < -0.3 is 4.57 Å². The van der Waals surface area contributed by atoms with Crippen molar-refractivity contribution < 1.29 is 0 Å². The number of fused-ring (bicyclic) bond motifs is 1. The zero-order valence-corrected chi connectivity index (χ0v) is 10.1. The number of hydrogen-bond donors (Lipinski definition) is 0. The Morgan fingerprint density at radius 3 is 2.88 bits per heavy atom. The first-order valence-corrected chi connectivity index (χ1v) is 5.82. The molecule has 0 aliphatic heterocycles. The summed E-state index contributed by atoms with van der Waals surface area (Å²) in [5, 5.41) is 1.16. The van der Waals surface area contributed by atoms with Crippen LogP contribution in [0.2, 0.25) is 0 Å². The number of halogens is 1. The molecule has 2 nitrogen and oxygen atoms in total. The van der Waals surface area contributed by atoms with E-state index in [4.69, 9.17) is 0 Å². The summed E-state index contributed by atoms with van der Waals surface area (Å²) in [7, 11) is 0. The Kier molecular flexibility index (Phi) is 2.26. The van der Waals surface area contributed by atoms with Gasteiger partial charge >= 0.3 is 0 Å². The first kappa shape index (κ1) is 9.60. The summed E-state index contributed by atoms with van der Waals surface area (Å²) in [4.78, 5) is 4.39. The molecular formula is C13H9BrN2. The zero-order chi connectivity index (χ0) is 11.0. The van der Waals surface area contributed by atoms with Gasteiger partial charge in [-0.15, -0.1) is 0 Å². The first-order valence-electron chi connectivity index (χ1n) is 5.02. The van der Waals surface area contributed by atoms with Crippen LogP contribution in [0.5, 0.6) is 0 Å². The molecule has 2 aromatic heterocycles. The zero-order valence-electron chi connectivity index (χ0n) is 8.47. The number of hydrogen-bond acceptors (Lipinski definition) is 1. The smallest absolute Gasteiger partial charge is 0.144 e. The maximum Gasteiger partial charge on any atom is 0.144 e. The fourth-order valence-electron chi connectivity index (χ4n) is 1.80. The van der Waals surface area contributed by atoms with Crippen LogP contribution < -0.4 is 0 Å². The van der Waals surface area contributed by atoms with Gasteiger partial charge in [-0.3, -0.25) is 0 Å². The molecule has 0 N–H and O–H groups in total. The molecule has 0 radical (unpaired) electrons. The number of benzene rings is 1. The van der Waals surface area contributed by atoms with Crippen molar-refractivity contribution in [3.8, 4) is 5.69 Å². The molecule has 0 saturated heterocycles. The van der Waals surface area contributed by atoms with Crippen LogP contribution >= 0.6 is 15.9 Å². The van der Waals surface area contributed by atoms with E-state index < -0.39 is 0 Å². The summed E-state index contributed by atoms with van der Waals surface area (Å²) in [6.45, 7) is 0. The molecular weight excluding hydrogens is 264 g/mol. The van der Waals surface area contributed by atoms with E-state index in [0.717, 1.165) is 21.2 Å². The second-order valence-electron chi connectivity index (χ2n) is 3.58. The second-order valence-corrected chi connectivity index (χ2v) is 4.50.